The van der Waals surface area contributed by atoms with Gasteiger partial charge >= 0.3 is 6.03 Å². The number of hydrogen-bond acceptors (Lipinski definition) is 5. The molecule has 0 fully saturated rings. The van der Waals surface area contributed by atoms with Crippen LogP contribution in [-0.4, -0.2) is 28.7 Å². The Morgan fingerprint density at radius 1 is 0.958 bits per heavy atom. The highest BCUT2D eigenvalue weighted by molar-refractivity contribution is 7.89. The predicted molar refractivity (Wildman–Crippen MR) is 90.0 cm³/mol. The molecule has 0 aliphatic heterocycles. The monoisotopic (exact) mass is 351 g/mol. The van der Waals surface area contributed by atoms with E-state index >= 15 is 0 Å². The van der Waals surface area contributed by atoms with E-state index in [9.17, 15) is 13.2 Å². The molecule has 2 aromatic rings. The maximum atomic E-state index is 12.1. The van der Waals surface area contributed by atoms with Crippen LogP contribution < -0.4 is 25.2 Å². The van der Waals surface area contributed by atoms with Gasteiger partial charge in [0.25, 0.3) is 0 Å². The van der Waals surface area contributed by atoms with Crippen LogP contribution in [0.2, 0.25) is 0 Å². The summed E-state index contributed by atoms with van der Waals surface area (Å²) in [5.41, 5.74) is 0.773. The Labute approximate surface area is 139 Å². The van der Waals surface area contributed by atoms with Gasteiger partial charge in [-0.3, -0.25) is 0 Å². The standard InChI is InChI=1S/C15H17N3O5S/c1-22-12-4-3-5-13(23-2)14(12)18-15(19)17-10-6-8-11(9-7-10)24(16,20)21/h3-9H,1-2H3,(H2,16,20,21)(H2,17,18,19). The first-order valence-electron chi connectivity index (χ1n) is 6.77. The first kappa shape index (κ1) is 17.6. The summed E-state index contributed by atoms with van der Waals surface area (Å²) >= 11 is 0. The number of anilines is 2. The van der Waals surface area contributed by atoms with Gasteiger partial charge in [0, 0.05) is 5.69 Å². The third-order valence-corrected chi connectivity index (χ3v) is 4.04. The molecule has 0 aliphatic carbocycles. The first-order valence-corrected chi connectivity index (χ1v) is 8.31. The van der Waals surface area contributed by atoms with E-state index < -0.39 is 16.1 Å². The van der Waals surface area contributed by atoms with E-state index in [-0.39, 0.29) is 4.90 Å². The number of amides is 2. The van der Waals surface area contributed by atoms with Crippen molar-refractivity contribution in [3.8, 4) is 11.5 Å². The number of carbonyl (C=O) groups is 1. The molecule has 0 atom stereocenters. The van der Waals surface area contributed by atoms with Gasteiger partial charge in [0.05, 0.1) is 19.1 Å². The van der Waals surface area contributed by atoms with E-state index in [1.807, 2.05) is 0 Å². The first-order chi connectivity index (χ1) is 11.3. The third-order valence-electron chi connectivity index (χ3n) is 3.11. The Hall–Kier alpha value is -2.78. The molecule has 128 valence electrons. The van der Waals surface area contributed by atoms with Crippen molar-refractivity contribution in [2.24, 2.45) is 5.14 Å². The van der Waals surface area contributed by atoms with Crippen molar-refractivity contribution in [2.75, 3.05) is 24.9 Å². The highest BCUT2D eigenvalue weighted by Gasteiger charge is 2.13. The van der Waals surface area contributed by atoms with Crippen LogP contribution >= 0.6 is 0 Å². The maximum absolute atomic E-state index is 12.1. The number of benzene rings is 2. The average Bonchev–Trinajstić information content (AvgIpc) is 2.54. The van der Waals surface area contributed by atoms with Crippen LogP contribution in [0.25, 0.3) is 0 Å². The number of sulfonamides is 1. The van der Waals surface area contributed by atoms with E-state index in [1.165, 1.54) is 38.5 Å². The number of hydrogen-bond donors (Lipinski definition) is 3. The lowest BCUT2D eigenvalue weighted by Gasteiger charge is -2.14. The summed E-state index contributed by atoms with van der Waals surface area (Å²) in [4.78, 5) is 12.1. The third kappa shape index (κ3) is 4.15. The Morgan fingerprint density at radius 2 is 1.50 bits per heavy atom. The molecular formula is C15H17N3O5S. The zero-order chi connectivity index (χ0) is 17.7. The molecule has 0 unspecified atom stereocenters. The maximum Gasteiger partial charge on any atom is 0.323 e. The summed E-state index contributed by atoms with van der Waals surface area (Å²) in [5.74, 6) is 0.878. The topological polar surface area (TPSA) is 120 Å². The number of carbonyl (C=O) groups excluding carboxylic acids is 1. The molecule has 2 amide bonds. The Kier molecular flexibility index (Phi) is 5.27. The fraction of sp³-hybridized carbons (Fsp3) is 0.133. The highest BCUT2D eigenvalue weighted by atomic mass is 32.2. The minimum atomic E-state index is -3.78. The Bertz CT molecular complexity index is 812. The fourth-order valence-corrected chi connectivity index (χ4v) is 2.49. The van der Waals surface area contributed by atoms with E-state index in [1.54, 1.807) is 18.2 Å². The summed E-state index contributed by atoms with van der Waals surface area (Å²) in [6, 6.07) is 10.0. The van der Waals surface area contributed by atoms with Crippen molar-refractivity contribution < 1.29 is 22.7 Å². The molecular weight excluding hydrogens is 334 g/mol. The molecule has 0 aliphatic rings. The summed E-state index contributed by atoms with van der Waals surface area (Å²) < 4.78 is 32.8. The van der Waals surface area contributed by atoms with Crippen molar-refractivity contribution in [3.63, 3.8) is 0 Å². The van der Waals surface area contributed by atoms with Crippen LogP contribution in [0, 0.1) is 0 Å². The number of urea groups is 1. The minimum Gasteiger partial charge on any atom is -0.494 e. The van der Waals surface area contributed by atoms with Crippen molar-refractivity contribution >= 4 is 27.4 Å². The molecule has 0 spiro atoms. The predicted octanol–water partition coefficient (Wildman–Crippen LogP) is 2.00. The van der Waals surface area contributed by atoms with Gasteiger partial charge in [0.2, 0.25) is 10.0 Å². The van der Waals surface area contributed by atoms with Crippen LogP contribution in [-0.2, 0) is 10.0 Å². The van der Waals surface area contributed by atoms with Crippen molar-refractivity contribution in [2.45, 2.75) is 4.90 Å². The number of methoxy groups -OCH3 is 2. The molecule has 2 aromatic carbocycles. The van der Waals surface area contributed by atoms with Gasteiger partial charge in [-0.1, -0.05) is 6.07 Å². The lowest BCUT2D eigenvalue weighted by Crippen LogP contribution is -2.20. The van der Waals surface area contributed by atoms with Gasteiger partial charge < -0.3 is 20.1 Å². The molecule has 0 saturated heterocycles. The average molecular weight is 351 g/mol. The molecule has 9 heteroatoms. The van der Waals surface area contributed by atoms with Crippen LogP contribution in [0.5, 0.6) is 11.5 Å². The second-order valence-corrected chi connectivity index (χ2v) is 6.25. The minimum absolute atomic E-state index is 0.0418. The van der Waals surface area contributed by atoms with Gasteiger partial charge in [0.1, 0.15) is 17.2 Å². The summed E-state index contributed by atoms with van der Waals surface area (Å²) in [5, 5.41) is 10.2. The fourth-order valence-electron chi connectivity index (χ4n) is 1.98. The van der Waals surface area contributed by atoms with Gasteiger partial charge in [-0.15, -0.1) is 0 Å². The lowest BCUT2D eigenvalue weighted by molar-refractivity contribution is 0.262. The molecule has 4 N–H and O–H groups in total. The SMILES string of the molecule is COc1cccc(OC)c1NC(=O)Nc1ccc(S(N)(=O)=O)cc1. The van der Waals surface area contributed by atoms with Crippen LogP contribution in [0.1, 0.15) is 0 Å². The van der Waals surface area contributed by atoms with Gasteiger partial charge in [-0.2, -0.15) is 0 Å². The second kappa shape index (κ2) is 7.20. The van der Waals surface area contributed by atoms with Gasteiger partial charge in [-0.25, -0.2) is 18.4 Å². The van der Waals surface area contributed by atoms with E-state index in [0.717, 1.165) is 0 Å². The molecule has 0 saturated carbocycles. The molecule has 0 radical (unpaired) electrons. The molecule has 0 aromatic heterocycles. The second-order valence-electron chi connectivity index (χ2n) is 4.69. The van der Waals surface area contributed by atoms with Crippen LogP contribution in [0.3, 0.4) is 0 Å². The summed E-state index contributed by atoms with van der Waals surface area (Å²) in [6.07, 6.45) is 0. The smallest absolute Gasteiger partial charge is 0.323 e. The molecule has 8 nitrogen and oxygen atoms in total. The van der Waals surface area contributed by atoms with E-state index in [4.69, 9.17) is 14.6 Å². The number of nitrogens with one attached hydrogen (secondary N) is 2. The number of rotatable bonds is 5. The molecule has 0 heterocycles. The number of primary sulfonamides is 1. The quantitative estimate of drug-likeness (QED) is 0.761. The zero-order valence-electron chi connectivity index (χ0n) is 13.1. The summed E-state index contributed by atoms with van der Waals surface area (Å²) in [6.45, 7) is 0. The normalized spacial score (nSPS) is 10.8. The largest absolute Gasteiger partial charge is 0.494 e. The van der Waals surface area contributed by atoms with E-state index in [2.05, 4.69) is 10.6 Å². The lowest BCUT2D eigenvalue weighted by atomic mass is 10.2. The highest BCUT2D eigenvalue weighted by Crippen LogP contribution is 2.34. The van der Waals surface area contributed by atoms with Crippen LogP contribution in [0.15, 0.2) is 47.4 Å². The number of ether oxygens (including phenoxy) is 2. The van der Waals surface area contributed by atoms with Gasteiger partial charge in [0.15, 0.2) is 0 Å². The van der Waals surface area contributed by atoms with Crippen molar-refractivity contribution in [1.29, 1.82) is 0 Å². The molecule has 0 bridgehead atoms. The summed E-state index contributed by atoms with van der Waals surface area (Å²) in [7, 11) is -0.824. The van der Waals surface area contributed by atoms with Crippen molar-refractivity contribution in [1.82, 2.24) is 0 Å². The van der Waals surface area contributed by atoms with Crippen LogP contribution in [0.4, 0.5) is 16.2 Å². The molecule has 2 rings (SSSR count). The number of para-hydroxylation sites is 1. The number of nitrogens with two attached hydrogens (primary N) is 1. The van der Waals surface area contributed by atoms with Gasteiger partial charge in [-0.05, 0) is 36.4 Å². The molecule has 24 heavy (non-hydrogen) atoms. The Morgan fingerprint density at radius 3 is 1.96 bits per heavy atom. The Balaban J connectivity index is 2.14. The van der Waals surface area contributed by atoms with Crippen molar-refractivity contribution in [3.05, 3.63) is 42.5 Å². The van der Waals surface area contributed by atoms with E-state index in [0.29, 0.717) is 22.9 Å². The zero-order valence-corrected chi connectivity index (χ0v) is 13.9.